The molecular formula is C20H36O3. The van der Waals surface area contributed by atoms with Crippen LogP contribution in [0.25, 0.3) is 0 Å². The molecule has 0 aromatic carbocycles. The molecule has 0 aromatic rings. The SMILES string of the molecule is CCCCCC(=O)/C=C/C1CCC(O)C1CCCCCCCO. The highest BCUT2D eigenvalue weighted by atomic mass is 16.3. The first-order valence-corrected chi connectivity index (χ1v) is 9.69. The molecule has 0 bridgehead atoms. The maximum Gasteiger partial charge on any atom is 0.155 e. The van der Waals surface area contributed by atoms with E-state index >= 15 is 0 Å². The number of carbonyl (C=O) groups excluding carboxylic acids is 1. The molecule has 3 atom stereocenters. The van der Waals surface area contributed by atoms with Gasteiger partial charge in [0.15, 0.2) is 5.78 Å². The van der Waals surface area contributed by atoms with Crippen molar-refractivity contribution in [3.8, 4) is 0 Å². The van der Waals surface area contributed by atoms with Gasteiger partial charge in [0.1, 0.15) is 0 Å². The number of unbranched alkanes of at least 4 members (excludes halogenated alkanes) is 6. The van der Waals surface area contributed by atoms with Gasteiger partial charge in [-0.3, -0.25) is 4.79 Å². The van der Waals surface area contributed by atoms with Crippen LogP contribution in [-0.4, -0.2) is 28.7 Å². The molecule has 0 aromatic heterocycles. The first kappa shape index (κ1) is 20.4. The lowest BCUT2D eigenvalue weighted by molar-refractivity contribution is -0.114. The minimum absolute atomic E-state index is 0.197. The Labute approximate surface area is 142 Å². The summed E-state index contributed by atoms with van der Waals surface area (Å²) in [5, 5.41) is 19.0. The molecule has 3 unspecified atom stereocenters. The van der Waals surface area contributed by atoms with Crippen molar-refractivity contribution >= 4 is 5.78 Å². The Morgan fingerprint density at radius 3 is 2.52 bits per heavy atom. The second-order valence-electron chi connectivity index (χ2n) is 7.03. The van der Waals surface area contributed by atoms with E-state index in [4.69, 9.17) is 5.11 Å². The highest BCUT2D eigenvalue weighted by molar-refractivity contribution is 5.89. The van der Waals surface area contributed by atoms with Gasteiger partial charge in [-0.25, -0.2) is 0 Å². The molecule has 0 aliphatic heterocycles. The van der Waals surface area contributed by atoms with Crippen molar-refractivity contribution in [3.63, 3.8) is 0 Å². The van der Waals surface area contributed by atoms with Crippen molar-refractivity contribution in [2.24, 2.45) is 11.8 Å². The molecule has 2 N–H and O–H groups in total. The monoisotopic (exact) mass is 324 g/mol. The van der Waals surface area contributed by atoms with Gasteiger partial charge in [-0.1, -0.05) is 51.5 Å². The quantitative estimate of drug-likeness (QED) is 0.390. The van der Waals surface area contributed by atoms with Gasteiger partial charge in [0.2, 0.25) is 0 Å². The van der Waals surface area contributed by atoms with E-state index in [0.717, 1.165) is 57.8 Å². The van der Waals surface area contributed by atoms with E-state index in [1.807, 2.05) is 0 Å². The normalized spacial score (nSPS) is 24.6. The van der Waals surface area contributed by atoms with Crippen LogP contribution in [0.1, 0.15) is 84.0 Å². The number of hydrogen-bond donors (Lipinski definition) is 2. The van der Waals surface area contributed by atoms with Gasteiger partial charge in [-0.2, -0.15) is 0 Å². The smallest absolute Gasteiger partial charge is 0.155 e. The molecule has 134 valence electrons. The standard InChI is InChI=1S/C20H36O3/c1-2-3-7-10-18(22)14-12-17-13-15-20(23)19(17)11-8-5-4-6-9-16-21/h12,14,17,19-21,23H,2-11,13,15-16H2,1H3/b14-12+. The molecule has 0 radical (unpaired) electrons. The van der Waals surface area contributed by atoms with Crippen LogP contribution in [0.2, 0.25) is 0 Å². The molecule has 23 heavy (non-hydrogen) atoms. The second kappa shape index (κ2) is 12.7. The third-order valence-corrected chi connectivity index (χ3v) is 5.09. The molecular weight excluding hydrogens is 288 g/mol. The summed E-state index contributed by atoms with van der Waals surface area (Å²) in [5.41, 5.74) is 0. The molecule has 3 heteroatoms. The van der Waals surface area contributed by atoms with Crippen molar-refractivity contribution in [2.75, 3.05) is 6.61 Å². The summed E-state index contributed by atoms with van der Waals surface area (Å²) in [6.45, 7) is 2.44. The van der Waals surface area contributed by atoms with E-state index in [9.17, 15) is 9.90 Å². The second-order valence-corrected chi connectivity index (χ2v) is 7.03. The van der Waals surface area contributed by atoms with Gasteiger partial charge < -0.3 is 10.2 Å². The van der Waals surface area contributed by atoms with Crippen LogP contribution < -0.4 is 0 Å². The van der Waals surface area contributed by atoms with E-state index in [2.05, 4.69) is 13.0 Å². The van der Waals surface area contributed by atoms with E-state index in [1.165, 1.54) is 12.8 Å². The van der Waals surface area contributed by atoms with Gasteiger partial charge in [0.25, 0.3) is 0 Å². The van der Waals surface area contributed by atoms with Crippen molar-refractivity contribution in [2.45, 2.75) is 90.1 Å². The number of aliphatic hydroxyl groups excluding tert-OH is 2. The zero-order valence-electron chi connectivity index (χ0n) is 14.9. The van der Waals surface area contributed by atoms with Crippen LogP contribution in [0.3, 0.4) is 0 Å². The summed E-state index contributed by atoms with van der Waals surface area (Å²) in [5.74, 6) is 0.938. The van der Waals surface area contributed by atoms with Crippen molar-refractivity contribution < 1.29 is 15.0 Å². The van der Waals surface area contributed by atoms with E-state index in [-0.39, 0.29) is 11.9 Å². The first-order chi connectivity index (χ1) is 11.2. The summed E-state index contributed by atoms with van der Waals surface area (Å²) in [7, 11) is 0. The number of aliphatic hydroxyl groups is 2. The minimum Gasteiger partial charge on any atom is -0.396 e. The lowest BCUT2D eigenvalue weighted by atomic mass is 9.88. The van der Waals surface area contributed by atoms with Crippen LogP contribution in [0.4, 0.5) is 0 Å². The predicted octanol–water partition coefficient (Wildman–Crippen LogP) is 4.41. The molecule has 1 aliphatic rings. The number of ketones is 1. The van der Waals surface area contributed by atoms with Crippen LogP contribution in [0, 0.1) is 11.8 Å². The zero-order chi connectivity index (χ0) is 16.9. The highest BCUT2D eigenvalue weighted by Crippen LogP contribution is 2.36. The Kier molecular flexibility index (Phi) is 11.3. The zero-order valence-corrected chi connectivity index (χ0v) is 14.9. The number of hydrogen-bond acceptors (Lipinski definition) is 3. The maximum absolute atomic E-state index is 11.9. The fraction of sp³-hybridized carbons (Fsp3) is 0.850. The highest BCUT2D eigenvalue weighted by Gasteiger charge is 2.32. The van der Waals surface area contributed by atoms with Crippen LogP contribution >= 0.6 is 0 Å². The Morgan fingerprint density at radius 1 is 1.04 bits per heavy atom. The minimum atomic E-state index is -0.197. The van der Waals surface area contributed by atoms with Gasteiger partial charge in [0.05, 0.1) is 6.10 Å². The largest absolute Gasteiger partial charge is 0.396 e. The molecule has 0 amide bonds. The molecule has 3 nitrogen and oxygen atoms in total. The summed E-state index contributed by atoms with van der Waals surface area (Å²) in [6, 6.07) is 0. The Morgan fingerprint density at radius 2 is 1.78 bits per heavy atom. The average Bonchev–Trinajstić information content (AvgIpc) is 2.89. The van der Waals surface area contributed by atoms with Gasteiger partial charge >= 0.3 is 0 Å². The Bertz CT molecular complexity index is 338. The Balaban J connectivity index is 2.28. The number of rotatable bonds is 13. The Hall–Kier alpha value is -0.670. The van der Waals surface area contributed by atoms with Crippen LogP contribution in [0.15, 0.2) is 12.2 Å². The van der Waals surface area contributed by atoms with Gasteiger partial charge in [-0.15, -0.1) is 0 Å². The molecule has 0 heterocycles. The average molecular weight is 325 g/mol. The molecule has 1 fully saturated rings. The summed E-state index contributed by atoms with van der Waals surface area (Å²) in [6.07, 6.45) is 16.0. The summed E-state index contributed by atoms with van der Waals surface area (Å²) >= 11 is 0. The maximum atomic E-state index is 11.9. The van der Waals surface area contributed by atoms with E-state index in [1.54, 1.807) is 6.08 Å². The lowest BCUT2D eigenvalue weighted by Gasteiger charge is -2.19. The molecule has 0 saturated heterocycles. The van der Waals surface area contributed by atoms with Crippen molar-refractivity contribution in [3.05, 3.63) is 12.2 Å². The number of carbonyl (C=O) groups is 1. The lowest BCUT2D eigenvalue weighted by Crippen LogP contribution is -2.18. The third kappa shape index (κ3) is 8.66. The summed E-state index contributed by atoms with van der Waals surface area (Å²) < 4.78 is 0. The molecule has 1 saturated carbocycles. The topological polar surface area (TPSA) is 57.5 Å². The van der Waals surface area contributed by atoms with E-state index < -0.39 is 0 Å². The van der Waals surface area contributed by atoms with E-state index in [0.29, 0.717) is 24.9 Å². The van der Waals surface area contributed by atoms with Crippen molar-refractivity contribution in [1.29, 1.82) is 0 Å². The third-order valence-electron chi connectivity index (χ3n) is 5.09. The van der Waals surface area contributed by atoms with Gasteiger partial charge in [-0.05, 0) is 50.0 Å². The fourth-order valence-electron chi connectivity index (χ4n) is 3.61. The number of allylic oxidation sites excluding steroid dienone is 2. The first-order valence-electron chi connectivity index (χ1n) is 9.69. The van der Waals surface area contributed by atoms with Gasteiger partial charge in [0, 0.05) is 13.0 Å². The fourth-order valence-corrected chi connectivity index (χ4v) is 3.61. The molecule has 1 aliphatic carbocycles. The summed E-state index contributed by atoms with van der Waals surface area (Å²) in [4.78, 5) is 11.9. The van der Waals surface area contributed by atoms with Crippen LogP contribution in [0.5, 0.6) is 0 Å². The van der Waals surface area contributed by atoms with Crippen molar-refractivity contribution in [1.82, 2.24) is 0 Å². The van der Waals surface area contributed by atoms with Crippen LogP contribution in [-0.2, 0) is 4.79 Å². The molecule has 0 spiro atoms. The predicted molar refractivity (Wildman–Crippen MR) is 95.3 cm³/mol. The molecule has 1 rings (SSSR count).